The number of aromatic nitrogens is 4. The first-order chi connectivity index (χ1) is 8.90. The lowest BCUT2D eigenvalue weighted by molar-refractivity contribution is 0.0902. The third kappa shape index (κ3) is 2.83. The molecule has 0 aliphatic rings. The molecule has 0 bridgehead atoms. The van der Waals surface area contributed by atoms with Gasteiger partial charge in [-0.3, -0.25) is 9.48 Å². The molecule has 2 heterocycles. The molecule has 19 heavy (non-hydrogen) atoms. The minimum absolute atomic E-state index is 0.208. The highest BCUT2D eigenvalue weighted by Crippen LogP contribution is 2.16. The second kappa shape index (κ2) is 4.87. The molecule has 0 radical (unpaired) electrons. The van der Waals surface area contributed by atoms with Crippen LogP contribution in [0.5, 0.6) is 0 Å². The van der Waals surface area contributed by atoms with Crippen molar-refractivity contribution in [3.8, 4) is 0 Å². The molecule has 2 rings (SSSR count). The van der Waals surface area contributed by atoms with Crippen LogP contribution in [0.3, 0.4) is 0 Å². The van der Waals surface area contributed by atoms with Crippen LogP contribution in [-0.2, 0) is 5.54 Å². The summed E-state index contributed by atoms with van der Waals surface area (Å²) in [5.74, 6) is 0.505. The Morgan fingerprint density at radius 2 is 2.21 bits per heavy atom. The van der Waals surface area contributed by atoms with Gasteiger partial charge in [-0.1, -0.05) is 0 Å². The molecule has 6 heteroatoms. The number of imidazole rings is 1. The Bertz CT molecular complexity index is 553. The smallest absolute Gasteiger partial charge is 0.272 e. The number of hydrogen-bond donors (Lipinski definition) is 2. The van der Waals surface area contributed by atoms with E-state index in [2.05, 4.69) is 20.4 Å². The van der Waals surface area contributed by atoms with Gasteiger partial charge in [0.25, 0.3) is 5.91 Å². The van der Waals surface area contributed by atoms with Gasteiger partial charge in [0.15, 0.2) is 0 Å². The molecule has 0 saturated heterocycles. The van der Waals surface area contributed by atoms with Crippen LogP contribution in [0.25, 0.3) is 0 Å². The van der Waals surface area contributed by atoms with Crippen LogP contribution in [0.4, 0.5) is 0 Å². The molecule has 0 atom stereocenters. The van der Waals surface area contributed by atoms with Gasteiger partial charge in [-0.15, -0.1) is 0 Å². The summed E-state index contributed by atoms with van der Waals surface area (Å²) in [6, 6.07) is 1.95. The average Bonchev–Trinajstić information content (AvgIpc) is 3.00. The van der Waals surface area contributed by atoms with Crippen LogP contribution >= 0.6 is 0 Å². The summed E-state index contributed by atoms with van der Waals surface area (Å²) in [6.07, 6.45) is 5.20. The van der Waals surface area contributed by atoms with Crippen molar-refractivity contribution in [2.75, 3.05) is 0 Å². The lowest BCUT2D eigenvalue weighted by atomic mass is 10.0. The zero-order valence-electron chi connectivity index (χ0n) is 11.6. The first kappa shape index (κ1) is 13.3. The summed E-state index contributed by atoms with van der Waals surface area (Å²) in [5.41, 5.74) is -0.157. The van der Waals surface area contributed by atoms with Crippen molar-refractivity contribution in [3.05, 3.63) is 36.2 Å². The number of nitrogens with zero attached hydrogens (tertiary/aromatic N) is 3. The number of amides is 1. The van der Waals surface area contributed by atoms with E-state index in [0.29, 0.717) is 11.5 Å². The summed E-state index contributed by atoms with van der Waals surface area (Å²) < 4.78 is 1.76. The normalized spacial score (nSPS) is 11.8. The summed E-state index contributed by atoms with van der Waals surface area (Å²) in [4.78, 5) is 19.3. The zero-order chi connectivity index (χ0) is 14.0. The molecular weight excluding hydrogens is 242 g/mol. The third-order valence-corrected chi connectivity index (χ3v) is 2.89. The number of aromatic amines is 1. The van der Waals surface area contributed by atoms with Gasteiger partial charge in [0, 0.05) is 24.6 Å². The molecule has 2 aromatic heterocycles. The van der Waals surface area contributed by atoms with E-state index in [0.717, 1.165) is 0 Å². The van der Waals surface area contributed by atoms with Crippen molar-refractivity contribution in [1.82, 2.24) is 25.1 Å². The Hall–Kier alpha value is -2.11. The van der Waals surface area contributed by atoms with Crippen LogP contribution in [0.1, 0.15) is 50.0 Å². The van der Waals surface area contributed by atoms with Crippen molar-refractivity contribution >= 4 is 5.91 Å². The highest BCUT2D eigenvalue weighted by molar-refractivity contribution is 5.92. The van der Waals surface area contributed by atoms with Crippen LogP contribution in [0.2, 0.25) is 0 Å². The maximum absolute atomic E-state index is 12.2. The van der Waals surface area contributed by atoms with Crippen molar-refractivity contribution in [3.63, 3.8) is 0 Å². The number of nitrogens with one attached hydrogen (secondary N) is 2. The molecule has 0 fully saturated rings. The fourth-order valence-corrected chi connectivity index (χ4v) is 1.76. The van der Waals surface area contributed by atoms with E-state index in [1.54, 1.807) is 29.3 Å². The maximum atomic E-state index is 12.2. The first-order valence-electron chi connectivity index (χ1n) is 6.27. The van der Waals surface area contributed by atoms with Gasteiger partial charge < -0.3 is 10.3 Å². The van der Waals surface area contributed by atoms with Gasteiger partial charge in [0.1, 0.15) is 11.5 Å². The highest BCUT2D eigenvalue weighted by atomic mass is 16.2. The zero-order valence-corrected chi connectivity index (χ0v) is 11.6. The van der Waals surface area contributed by atoms with Gasteiger partial charge in [-0.25, -0.2) is 4.98 Å². The molecule has 0 aromatic carbocycles. The van der Waals surface area contributed by atoms with E-state index in [4.69, 9.17) is 0 Å². The molecule has 2 N–H and O–H groups in total. The van der Waals surface area contributed by atoms with Gasteiger partial charge >= 0.3 is 0 Å². The van der Waals surface area contributed by atoms with Crippen LogP contribution < -0.4 is 5.32 Å². The molecule has 0 spiro atoms. The van der Waals surface area contributed by atoms with E-state index in [1.807, 2.05) is 27.7 Å². The number of rotatable bonds is 4. The fourth-order valence-electron chi connectivity index (χ4n) is 1.76. The predicted octanol–water partition coefficient (Wildman–Crippen LogP) is 1.85. The Balaban J connectivity index is 2.12. The number of carbonyl (C=O) groups is 1. The van der Waals surface area contributed by atoms with E-state index in [9.17, 15) is 4.79 Å². The molecule has 0 unspecified atom stereocenters. The Morgan fingerprint density at radius 3 is 2.74 bits per heavy atom. The first-order valence-corrected chi connectivity index (χ1v) is 6.27. The molecule has 0 aliphatic heterocycles. The predicted molar refractivity (Wildman–Crippen MR) is 71.7 cm³/mol. The number of hydrogen-bond acceptors (Lipinski definition) is 3. The molecule has 1 amide bonds. The third-order valence-electron chi connectivity index (χ3n) is 2.89. The van der Waals surface area contributed by atoms with E-state index in [-0.39, 0.29) is 11.9 Å². The molecule has 0 saturated carbocycles. The summed E-state index contributed by atoms with van der Waals surface area (Å²) in [7, 11) is 0. The standard InChI is InChI=1S/C13H19N5O/c1-9(2)18-8-5-10(17-18)11(19)16-13(3,4)12-14-6-7-15-12/h5-9H,1-4H3,(H,14,15)(H,16,19). The lowest BCUT2D eigenvalue weighted by Crippen LogP contribution is -2.42. The lowest BCUT2D eigenvalue weighted by Gasteiger charge is -2.23. The van der Waals surface area contributed by atoms with E-state index >= 15 is 0 Å². The van der Waals surface area contributed by atoms with Crippen LogP contribution in [-0.4, -0.2) is 25.7 Å². The van der Waals surface area contributed by atoms with Crippen molar-refractivity contribution < 1.29 is 4.79 Å². The largest absolute Gasteiger partial charge is 0.347 e. The molecule has 6 nitrogen and oxygen atoms in total. The van der Waals surface area contributed by atoms with Crippen molar-refractivity contribution in [1.29, 1.82) is 0 Å². The van der Waals surface area contributed by atoms with Crippen LogP contribution in [0, 0.1) is 0 Å². The summed E-state index contributed by atoms with van der Waals surface area (Å²) in [6.45, 7) is 7.81. The van der Waals surface area contributed by atoms with Gasteiger partial charge in [0.05, 0.1) is 5.54 Å². The van der Waals surface area contributed by atoms with Gasteiger partial charge in [-0.2, -0.15) is 5.10 Å². The Morgan fingerprint density at radius 1 is 1.47 bits per heavy atom. The number of H-pyrrole nitrogens is 1. The van der Waals surface area contributed by atoms with E-state index < -0.39 is 5.54 Å². The topological polar surface area (TPSA) is 75.6 Å². The molecule has 102 valence electrons. The van der Waals surface area contributed by atoms with E-state index in [1.165, 1.54) is 0 Å². The Kier molecular flexibility index (Phi) is 3.42. The van der Waals surface area contributed by atoms with Crippen molar-refractivity contribution in [2.45, 2.75) is 39.3 Å². The second-order valence-corrected chi connectivity index (χ2v) is 5.29. The fraction of sp³-hybridized carbons (Fsp3) is 0.462. The second-order valence-electron chi connectivity index (χ2n) is 5.29. The quantitative estimate of drug-likeness (QED) is 0.882. The minimum atomic E-state index is -0.567. The maximum Gasteiger partial charge on any atom is 0.272 e. The Labute approximate surface area is 112 Å². The monoisotopic (exact) mass is 261 g/mol. The summed E-state index contributed by atoms with van der Waals surface area (Å²) in [5, 5.41) is 7.17. The van der Waals surface area contributed by atoms with Gasteiger partial charge in [0.2, 0.25) is 0 Å². The molecular formula is C13H19N5O. The van der Waals surface area contributed by atoms with Crippen molar-refractivity contribution in [2.24, 2.45) is 0 Å². The number of carbonyl (C=O) groups excluding carboxylic acids is 1. The van der Waals surface area contributed by atoms with Gasteiger partial charge in [-0.05, 0) is 33.8 Å². The summed E-state index contributed by atoms with van der Waals surface area (Å²) >= 11 is 0. The molecule has 0 aliphatic carbocycles. The highest BCUT2D eigenvalue weighted by Gasteiger charge is 2.26. The van der Waals surface area contributed by atoms with Crippen LogP contribution in [0.15, 0.2) is 24.7 Å². The SMILES string of the molecule is CC(C)n1ccc(C(=O)NC(C)(C)c2ncc[nH]2)n1. The minimum Gasteiger partial charge on any atom is -0.347 e. The molecule has 2 aromatic rings. The average molecular weight is 261 g/mol.